The van der Waals surface area contributed by atoms with Gasteiger partial charge in [0, 0.05) is 11.6 Å². The van der Waals surface area contributed by atoms with E-state index in [1.54, 1.807) is 11.8 Å². The fourth-order valence-electron chi connectivity index (χ4n) is 1.56. The van der Waals surface area contributed by atoms with Crippen LogP contribution in [0.5, 0.6) is 0 Å². The normalized spacial score (nSPS) is 10.2. The molecule has 0 unspecified atom stereocenters. The van der Waals surface area contributed by atoms with Crippen LogP contribution in [-0.2, 0) is 0 Å². The molecule has 2 nitrogen and oxygen atoms in total. The molecule has 0 saturated heterocycles. The summed E-state index contributed by atoms with van der Waals surface area (Å²) >= 11 is 6.97. The first kappa shape index (κ1) is 11.2. The van der Waals surface area contributed by atoms with Crippen molar-refractivity contribution >= 4 is 39.2 Å². The highest BCUT2D eigenvalue weighted by Crippen LogP contribution is 2.20. The summed E-state index contributed by atoms with van der Waals surface area (Å²) in [6.07, 6.45) is 1.96. The average Bonchev–Trinajstić information content (AvgIpc) is 2.71. The molecule has 1 heterocycles. The quantitative estimate of drug-likeness (QED) is 0.722. The summed E-state index contributed by atoms with van der Waals surface area (Å²) in [6, 6.07) is 9.76. The molecule has 1 aromatic carbocycles. The van der Waals surface area contributed by atoms with Crippen molar-refractivity contribution in [3.63, 3.8) is 0 Å². The lowest BCUT2D eigenvalue weighted by Gasteiger charge is -2.04. The molecule has 2 aromatic rings. The van der Waals surface area contributed by atoms with E-state index in [2.05, 4.69) is 13.0 Å². The van der Waals surface area contributed by atoms with Crippen LogP contribution in [0.25, 0.3) is 10.9 Å². The van der Waals surface area contributed by atoms with Gasteiger partial charge in [-0.15, -0.1) is 0 Å². The third kappa shape index (κ3) is 1.97. The third-order valence-corrected chi connectivity index (χ3v) is 3.57. The lowest BCUT2D eigenvalue weighted by molar-refractivity contribution is 1.28. The van der Waals surface area contributed by atoms with Gasteiger partial charge in [0.15, 0.2) is 0 Å². The Balaban J connectivity index is 2.50. The standard InChI is InChI=1S/C12H10N2S2/c1-2-16-12(15)14-6-5-10-7-9(8-13)3-4-11(10)14/h3-7H,2H2,1H3. The summed E-state index contributed by atoms with van der Waals surface area (Å²) in [5.41, 5.74) is 1.74. The van der Waals surface area contributed by atoms with Crippen LogP contribution in [0.4, 0.5) is 0 Å². The van der Waals surface area contributed by atoms with E-state index in [-0.39, 0.29) is 0 Å². The molecular weight excluding hydrogens is 236 g/mol. The largest absolute Gasteiger partial charge is 0.302 e. The Morgan fingerprint density at radius 1 is 1.50 bits per heavy atom. The average molecular weight is 246 g/mol. The predicted molar refractivity (Wildman–Crippen MR) is 72.8 cm³/mol. The maximum absolute atomic E-state index is 8.81. The van der Waals surface area contributed by atoms with Crippen molar-refractivity contribution in [2.45, 2.75) is 6.92 Å². The molecule has 2 rings (SSSR count). The van der Waals surface area contributed by atoms with E-state index in [0.29, 0.717) is 5.56 Å². The van der Waals surface area contributed by atoms with E-state index in [9.17, 15) is 0 Å². The summed E-state index contributed by atoms with van der Waals surface area (Å²) in [6.45, 7) is 2.08. The van der Waals surface area contributed by atoms with Crippen LogP contribution in [0.15, 0.2) is 30.5 Å². The van der Waals surface area contributed by atoms with E-state index >= 15 is 0 Å². The first-order chi connectivity index (χ1) is 7.76. The van der Waals surface area contributed by atoms with Crippen molar-refractivity contribution in [2.75, 3.05) is 5.75 Å². The molecular formula is C12H10N2S2. The van der Waals surface area contributed by atoms with Crippen molar-refractivity contribution in [1.29, 1.82) is 5.26 Å². The molecule has 1 aromatic heterocycles. The second kappa shape index (κ2) is 4.69. The van der Waals surface area contributed by atoms with Gasteiger partial charge in [-0.3, -0.25) is 0 Å². The summed E-state index contributed by atoms with van der Waals surface area (Å²) in [5, 5.41) is 9.86. The van der Waals surface area contributed by atoms with Crippen molar-refractivity contribution in [1.82, 2.24) is 4.57 Å². The number of rotatable bonds is 1. The van der Waals surface area contributed by atoms with Gasteiger partial charge in [-0.1, -0.05) is 30.9 Å². The minimum Gasteiger partial charge on any atom is -0.302 e. The number of fused-ring (bicyclic) bond motifs is 1. The smallest absolute Gasteiger partial charge is 0.144 e. The van der Waals surface area contributed by atoms with E-state index in [4.69, 9.17) is 17.5 Å². The number of thiocarbonyl (C=S) groups is 1. The number of hydrogen-bond acceptors (Lipinski definition) is 3. The van der Waals surface area contributed by atoms with Crippen molar-refractivity contribution in [3.8, 4) is 6.07 Å². The molecule has 0 aliphatic carbocycles. The van der Waals surface area contributed by atoms with Gasteiger partial charge in [0.25, 0.3) is 0 Å². The highest BCUT2D eigenvalue weighted by molar-refractivity contribution is 8.23. The molecule has 0 atom stereocenters. The highest BCUT2D eigenvalue weighted by atomic mass is 32.2. The summed E-state index contributed by atoms with van der Waals surface area (Å²) < 4.78 is 2.84. The SMILES string of the molecule is CCSC(=S)n1ccc2cc(C#N)ccc21. The van der Waals surface area contributed by atoms with Crippen LogP contribution < -0.4 is 0 Å². The second-order valence-corrected chi connectivity index (χ2v) is 5.17. The van der Waals surface area contributed by atoms with Gasteiger partial charge in [-0.25, -0.2) is 0 Å². The number of benzene rings is 1. The maximum Gasteiger partial charge on any atom is 0.144 e. The number of nitrogens with zero attached hydrogens (tertiary/aromatic N) is 2. The van der Waals surface area contributed by atoms with E-state index < -0.39 is 0 Å². The Hall–Kier alpha value is -1.31. The van der Waals surface area contributed by atoms with Crippen molar-refractivity contribution < 1.29 is 0 Å². The fraction of sp³-hybridized carbons (Fsp3) is 0.167. The number of nitriles is 1. The van der Waals surface area contributed by atoms with Crippen LogP contribution in [0.1, 0.15) is 12.5 Å². The Labute approximate surface area is 104 Å². The molecule has 0 aliphatic rings. The second-order valence-electron chi connectivity index (χ2n) is 3.27. The molecule has 0 radical (unpaired) electrons. The third-order valence-electron chi connectivity index (χ3n) is 2.28. The van der Waals surface area contributed by atoms with Gasteiger partial charge >= 0.3 is 0 Å². The molecule has 80 valence electrons. The highest BCUT2D eigenvalue weighted by Gasteiger charge is 2.05. The zero-order valence-electron chi connectivity index (χ0n) is 8.80. The maximum atomic E-state index is 8.81. The van der Waals surface area contributed by atoms with Crippen LogP contribution in [0.2, 0.25) is 0 Å². The molecule has 0 saturated carbocycles. The Bertz CT molecular complexity index is 578. The van der Waals surface area contributed by atoms with E-state index in [0.717, 1.165) is 21.0 Å². The molecule has 0 aliphatic heterocycles. The van der Waals surface area contributed by atoms with Crippen molar-refractivity contribution in [2.24, 2.45) is 0 Å². The molecule has 0 fully saturated rings. The monoisotopic (exact) mass is 246 g/mol. The topological polar surface area (TPSA) is 28.7 Å². The van der Waals surface area contributed by atoms with Crippen LogP contribution >= 0.6 is 24.0 Å². The predicted octanol–water partition coefficient (Wildman–Crippen LogP) is 3.40. The summed E-state index contributed by atoms with van der Waals surface area (Å²) in [4.78, 5) is 0. The van der Waals surface area contributed by atoms with Crippen LogP contribution in [0.3, 0.4) is 0 Å². The Kier molecular flexibility index (Phi) is 3.28. The Morgan fingerprint density at radius 3 is 3.00 bits per heavy atom. The molecule has 4 heteroatoms. The molecule has 0 amide bonds. The summed E-state index contributed by atoms with van der Waals surface area (Å²) in [7, 11) is 0. The molecule has 16 heavy (non-hydrogen) atoms. The first-order valence-corrected chi connectivity index (χ1v) is 6.34. The number of aromatic nitrogens is 1. The van der Waals surface area contributed by atoms with Crippen LogP contribution in [0, 0.1) is 11.3 Å². The fourth-order valence-corrected chi connectivity index (χ4v) is 2.62. The van der Waals surface area contributed by atoms with E-state index in [1.807, 2.05) is 35.0 Å². The van der Waals surface area contributed by atoms with Crippen LogP contribution in [-0.4, -0.2) is 14.6 Å². The van der Waals surface area contributed by atoms with Gasteiger partial charge in [-0.2, -0.15) is 5.26 Å². The van der Waals surface area contributed by atoms with Gasteiger partial charge in [0.2, 0.25) is 0 Å². The zero-order valence-corrected chi connectivity index (χ0v) is 10.4. The number of hydrogen-bond donors (Lipinski definition) is 0. The molecule has 0 spiro atoms. The van der Waals surface area contributed by atoms with Gasteiger partial charge in [0.05, 0.1) is 17.1 Å². The molecule has 0 bridgehead atoms. The zero-order chi connectivity index (χ0) is 11.5. The van der Waals surface area contributed by atoms with Gasteiger partial charge in [0.1, 0.15) is 4.32 Å². The van der Waals surface area contributed by atoms with Gasteiger partial charge < -0.3 is 4.57 Å². The lowest BCUT2D eigenvalue weighted by Crippen LogP contribution is -2.02. The lowest BCUT2D eigenvalue weighted by atomic mass is 10.2. The molecule has 0 N–H and O–H groups in total. The minimum atomic E-state index is 0.680. The van der Waals surface area contributed by atoms with Gasteiger partial charge in [-0.05, 0) is 30.0 Å². The number of thioether (sulfide) groups is 1. The minimum absolute atomic E-state index is 0.680. The summed E-state index contributed by atoms with van der Waals surface area (Å²) in [5.74, 6) is 0.967. The van der Waals surface area contributed by atoms with E-state index in [1.165, 1.54) is 0 Å². The van der Waals surface area contributed by atoms with Crippen molar-refractivity contribution in [3.05, 3.63) is 36.0 Å². The Morgan fingerprint density at radius 2 is 2.31 bits per heavy atom. The first-order valence-electron chi connectivity index (χ1n) is 4.94.